The van der Waals surface area contributed by atoms with E-state index in [4.69, 9.17) is 15.2 Å². The summed E-state index contributed by atoms with van der Waals surface area (Å²) in [5.41, 5.74) is 4.70. The highest BCUT2D eigenvalue weighted by Gasteiger charge is 2.64. The van der Waals surface area contributed by atoms with Gasteiger partial charge in [0.15, 0.2) is 11.4 Å². The number of fused-ring (bicyclic) bond motifs is 3. The third-order valence-electron chi connectivity index (χ3n) is 9.62. The van der Waals surface area contributed by atoms with Crippen LogP contribution in [-0.2, 0) is 43.5 Å². The summed E-state index contributed by atoms with van der Waals surface area (Å²) in [5.74, 6) is -8.21. The topological polar surface area (TPSA) is 229 Å². The van der Waals surface area contributed by atoms with E-state index in [0.29, 0.717) is 11.1 Å². The van der Waals surface area contributed by atoms with Crippen molar-refractivity contribution in [1.29, 1.82) is 0 Å². The van der Waals surface area contributed by atoms with Crippen LogP contribution in [0.1, 0.15) is 28.7 Å². The van der Waals surface area contributed by atoms with Crippen LogP contribution in [0.25, 0.3) is 5.76 Å². The van der Waals surface area contributed by atoms with Gasteiger partial charge in [-0.3, -0.25) is 19.3 Å². The number of amides is 3. The second-order valence-electron chi connectivity index (χ2n) is 13.0. The zero-order chi connectivity index (χ0) is 37.5. The van der Waals surface area contributed by atoms with Gasteiger partial charge in [-0.1, -0.05) is 60.7 Å². The Morgan fingerprint density at radius 1 is 0.904 bits per heavy atom. The number of hydrogen-bond donors (Lipinski definition) is 6. The number of primary amides is 1. The number of anilines is 1. The van der Waals surface area contributed by atoms with Crippen LogP contribution in [-0.4, -0.2) is 80.7 Å². The molecule has 7 N–H and O–H groups in total. The van der Waals surface area contributed by atoms with Crippen molar-refractivity contribution in [2.75, 3.05) is 19.1 Å². The molecule has 3 aromatic carbocycles. The van der Waals surface area contributed by atoms with Crippen molar-refractivity contribution in [2.24, 2.45) is 17.6 Å². The minimum absolute atomic E-state index is 0.0518. The summed E-state index contributed by atoms with van der Waals surface area (Å²) in [6.07, 6.45) is -2.46. The molecule has 0 heterocycles. The fourth-order valence-corrected chi connectivity index (χ4v) is 7.27. The Hall–Kier alpha value is -6.19. The number of nitrogens with zero attached hydrogens (tertiary/aromatic N) is 2. The number of aliphatic hydroxyl groups is 3. The third kappa shape index (κ3) is 6.09. The normalized spacial score (nSPS) is 22.3. The number of Topliss-reactive ketones (excluding diaryl/α,β-unsaturated/α-hetero) is 2. The first-order valence-electron chi connectivity index (χ1n) is 16.2. The first-order valence-corrected chi connectivity index (χ1v) is 16.2. The van der Waals surface area contributed by atoms with E-state index in [1.807, 2.05) is 0 Å². The van der Waals surface area contributed by atoms with E-state index in [2.05, 4.69) is 5.43 Å². The number of carbonyl (C=O) groups excluding carboxylic acids is 5. The van der Waals surface area contributed by atoms with Gasteiger partial charge in [0.05, 0.1) is 17.3 Å². The van der Waals surface area contributed by atoms with Crippen LogP contribution in [0.5, 0.6) is 5.75 Å². The van der Waals surface area contributed by atoms with Crippen LogP contribution in [0, 0.1) is 11.8 Å². The molecule has 1 saturated carbocycles. The van der Waals surface area contributed by atoms with Crippen molar-refractivity contribution >= 4 is 41.1 Å². The van der Waals surface area contributed by atoms with E-state index < -0.39 is 76.0 Å². The second kappa shape index (κ2) is 13.8. The smallest absolute Gasteiger partial charge is 0.433 e. The van der Waals surface area contributed by atoms with Crippen molar-refractivity contribution in [3.8, 4) is 5.75 Å². The molecule has 270 valence electrons. The number of phenols is 1. The van der Waals surface area contributed by atoms with Crippen LogP contribution in [0.3, 0.4) is 0 Å². The van der Waals surface area contributed by atoms with E-state index in [0.717, 1.165) is 11.1 Å². The van der Waals surface area contributed by atoms with Gasteiger partial charge in [-0.2, -0.15) is 5.01 Å². The third-order valence-corrected chi connectivity index (χ3v) is 9.62. The van der Waals surface area contributed by atoms with Gasteiger partial charge in [-0.25, -0.2) is 15.0 Å². The number of ketones is 2. The summed E-state index contributed by atoms with van der Waals surface area (Å²) in [6, 6.07) is 18.7. The Balaban J connectivity index is 1.42. The molecule has 3 aliphatic rings. The Morgan fingerprint density at radius 3 is 2.08 bits per heavy atom. The zero-order valence-corrected chi connectivity index (χ0v) is 28.1. The Kier molecular flexibility index (Phi) is 9.49. The Morgan fingerprint density at radius 2 is 1.50 bits per heavy atom. The van der Waals surface area contributed by atoms with E-state index in [-0.39, 0.29) is 48.4 Å². The van der Waals surface area contributed by atoms with Gasteiger partial charge in [0.25, 0.3) is 5.91 Å². The number of phenolic OH excluding ortho intramolecular Hbond substituents is 1. The largest absolute Gasteiger partial charge is 0.508 e. The molecule has 2 unspecified atom stereocenters. The molecule has 3 amide bonds. The first-order chi connectivity index (χ1) is 24.7. The summed E-state index contributed by atoms with van der Waals surface area (Å²) < 4.78 is 10.9. The number of carbonyl (C=O) groups is 5. The zero-order valence-electron chi connectivity index (χ0n) is 28.1. The van der Waals surface area contributed by atoms with Gasteiger partial charge in [0, 0.05) is 11.5 Å². The molecule has 6 rings (SSSR count). The Bertz CT molecular complexity index is 2030. The summed E-state index contributed by atoms with van der Waals surface area (Å²) in [6.45, 7) is -0.326. The number of rotatable bonds is 7. The molecule has 15 nitrogen and oxygen atoms in total. The first kappa shape index (κ1) is 35.6. The van der Waals surface area contributed by atoms with Gasteiger partial charge in [0.2, 0.25) is 5.78 Å². The van der Waals surface area contributed by atoms with E-state index in [1.54, 1.807) is 60.7 Å². The summed E-state index contributed by atoms with van der Waals surface area (Å²) in [5, 5.41) is 46.4. The monoisotopic (exact) mass is 712 g/mol. The number of ether oxygens (including phenoxy) is 2. The number of nitrogens with two attached hydrogens (primary N) is 1. The van der Waals surface area contributed by atoms with Crippen LogP contribution in [0.2, 0.25) is 0 Å². The van der Waals surface area contributed by atoms with Crippen molar-refractivity contribution in [2.45, 2.75) is 37.7 Å². The van der Waals surface area contributed by atoms with Crippen LogP contribution >= 0.6 is 0 Å². The van der Waals surface area contributed by atoms with Gasteiger partial charge in [0.1, 0.15) is 36.1 Å². The van der Waals surface area contributed by atoms with Crippen molar-refractivity contribution in [3.05, 3.63) is 112 Å². The predicted molar refractivity (Wildman–Crippen MR) is 183 cm³/mol. The van der Waals surface area contributed by atoms with Crippen molar-refractivity contribution in [1.82, 2.24) is 10.3 Å². The average molecular weight is 713 g/mol. The minimum Gasteiger partial charge on any atom is -0.508 e. The van der Waals surface area contributed by atoms with Crippen molar-refractivity contribution < 1.29 is 53.9 Å². The van der Waals surface area contributed by atoms with E-state index in [1.165, 1.54) is 25.1 Å². The maximum Gasteiger partial charge on any atom is 0.433 e. The van der Waals surface area contributed by atoms with Crippen LogP contribution in [0.15, 0.2) is 89.7 Å². The summed E-state index contributed by atoms with van der Waals surface area (Å²) >= 11 is 0. The predicted octanol–water partition coefficient (Wildman–Crippen LogP) is 2.95. The number of likely N-dealkylation sites (N-methyl/N-ethyl adjacent to an activating group) is 1. The molecule has 0 radical (unpaired) electrons. The quantitative estimate of drug-likeness (QED) is 0.153. The molecule has 52 heavy (non-hydrogen) atoms. The lowest BCUT2D eigenvalue weighted by atomic mass is 9.57. The number of aromatic hydroxyl groups is 1. The number of nitrogens with one attached hydrogen (secondary N) is 1. The molecule has 0 saturated heterocycles. The summed E-state index contributed by atoms with van der Waals surface area (Å²) in [4.78, 5) is 68.1. The van der Waals surface area contributed by atoms with Gasteiger partial charge in [-0.15, -0.1) is 0 Å². The molecule has 0 spiro atoms. The van der Waals surface area contributed by atoms with E-state index >= 15 is 0 Å². The number of benzene rings is 3. The fraction of sp³-hybridized carbons (Fsp3) is 0.270. The minimum atomic E-state index is -2.82. The lowest BCUT2D eigenvalue weighted by Gasteiger charge is -2.50. The highest BCUT2D eigenvalue weighted by atomic mass is 16.6. The average Bonchev–Trinajstić information content (AvgIpc) is 3.11. The fourth-order valence-electron chi connectivity index (χ4n) is 7.27. The highest BCUT2D eigenvalue weighted by molar-refractivity contribution is 6.24. The van der Waals surface area contributed by atoms with E-state index in [9.17, 15) is 44.4 Å². The number of hydrogen-bond acceptors (Lipinski definition) is 12. The maximum absolute atomic E-state index is 14.2. The molecule has 0 aliphatic heterocycles. The lowest BCUT2D eigenvalue weighted by Crippen LogP contribution is -2.65. The molecule has 15 heteroatoms. The standard InChI is InChI=1S/C37H36N4O11/c1-40(2)29-23-16-21-15-22-24(13-14-25(42)27(22)30(43)26(21)32(45)37(23,50)33(46)28(31(29)44)34(38)47)41(36(49)52-18-20-11-7-4-8-12-20)39-35(48)51-17-19-9-5-3-6-10-19/h3-14,21,23,29,42-43,46,50H,15-18H2,1-2H3,(H2,38,47)(H,39,48)/t21?,23?,29-,37+/m1/s1. The molecular weight excluding hydrogens is 676 g/mol. The molecule has 0 bridgehead atoms. The molecular formula is C37H36N4O11. The molecule has 1 fully saturated rings. The Labute approximate surface area is 297 Å². The maximum atomic E-state index is 14.2. The molecule has 3 aliphatic carbocycles. The second-order valence-corrected chi connectivity index (χ2v) is 13.0. The van der Waals surface area contributed by atoms with Crippen LogP contribution < -0.4 is 16.2 Å². The number of hydrazine groups is 1. The molecule has 4 atom stereocenters. The SMILES string of the molecule is CN(C)[C@H]1C(=O)C(C(N)=O)=C(O)[C@@]2(O)C(=O)C3=C(O)c4c(O)ccc(N(NC(=O)OCc5ccccc5)C(=O)OCc5ccccc5)c4CC3CC12. The highest BCUT2D eigenvalue weighted by Crippen LogP contribution is 2.53. The van der Waals surface area contributed by atoms with Gasteiger partial charge >= 0.3 is 12.2 Å². The van der Waals surface area contributed by atoms with Crippen molar-refractivity contribution in [3.63, 3.8) is 0 Å². The van der Waals surface area contributed by atoms with Gasteiger partial charge in [-0.05, 0) is 61.7 Å². The lowest BCUT2D eigenvalue weighted by molar-refractivity contribution is -0.153. The molecule has 3 aromatic rings. The molecule has 0 aromatic heterocycles. The van der Waals surface area contributed by atoms with Crippen LogP contribution in [0.4, 0.5) is 15.3 Å². The van der Waals surface area contributed by atoms with Gasteiger partial charge < -0.3 is 35.6 Å². The number of aliphatic hydroxyl groups excluding tert-OH is 2. The summed E-state index contributed by atoms with van der Waals surface area (Å²) in [7, 11) is 2.98.